The Balaban J connectivity index is 1.92. The van der Waals surface area contributed by atoms with Gasteiger partial charge in [0.05, 0.1) is 16.1 Å². The molecule has 1 heterocycles. The molecule has 5 nitrogen and oxygen atoms in total. The molecule has 5 heteroatoms. The maximum Gasteiger partial charge on any atom is 0.269 e. The molecule has 0 unspecified atom stereocenters. The Morgan fingerprint density at radius 3 is 2.41 bits per heavy atom. The lowest BCUT2D eigenvalue weighted by Gasteiger charge is -2.41. The Labute approximate surface area is 158 Å². The van der Waals surface area contributed by atoms with Crippen LogP contribution in [0.15, 0.2) is 54.6 Å². The normalized spacial score (nSPS) is 15.4. The highest BCUT2D eigenvalue weighted by atomic mass is 16.6. The van der Waals surface area contributed by atoms with Gasteiger partial charge in [-0.05, 0) is 69.2 Å². The summed E-state index contributed by atoms with van der Waals surface area (Å²) in [7, 11) is 0. The van der Waals surface area contributed by atoms with Gasteiger partial charge in [-0.15, -0.1) is 0 Å². The quantitative estimate of drug-likeness (QED) is 0.431. The molecule has 2 aromatic carbocycles. The Bertz CT molecular complexity index is 970. The predicted molar refractivity (Wildman–Crippen MR) is 109 cm³/mol. The van der Waals surface area contributed by atoms with Gasteiger partial charge in [0.25, 0.3) is 11.6 Å². The summed E-state index contributed by atoms with van der Waals surface area (Å²) in [5.74, 6) is -0.132. The van der Waals surface area contributed by atoms with Crippen molar-refractivity contribution in [2.75, 3.05) is 4.90 Å². The van der Waals surface area contributed by atoms with Gasteiger partial charge in [-0.25, -0.2) is 0 Å². The van der Waals surface area contributed by atoms with E-state index in [1.54, 1.807) is 23.1 Å². The van der Waals surface area contributed by atoms with Crippen LogP contribution in [-0.4, -0.2) is 16.4 Å². The van der Waals surface area contributed by atoms with Crippen LogP contribution in [0.1, 0.15) is 37.5 Å². The summed E-state index contributed by atoms with van der Waals surface area (Å²) in [6, 6.07) is 12.2. The number of amides is 1. The number of allylic oxidation sites excluding steroid dienone is 1. The highest BCUT2D eigenvalue weighted by Gasteiger charge is 2.34. The third-order valence-corrected chi connectivity index (χ3v) is 4.71. The number of fused-ring (bicyclic) bond motifs is 1. The highest BCUT2D eigenvalue weighted by Crippen LogP contribution is 2.39. The first-order valence-electron chi connectivity index (χ1n) is 8.76. The van der Waals surface area contributed by atoms with E-state index in [9.17, 15) is 14.9 Å². The van der Waals surface area contributed by atoms with Gasteiger partial charge in [0, 0.05) is 23.8 Å². The summed E-state index contributed by atoms with van der Waals surface area (Å²) in [5.41, 5.74) is 4.57. The molecule has 0 atom stereocenters. The summed E-state index contributed by atoms with van der Waals surface area (Å²) < 4.78 is 0. The van der Waals surface area contributed by atoms with Crippen molar-refractivity contribution in [1.82, 2.24) is 0 Å². The fraction of sp³-hybridized carbons (Fsp3) is 0.227. The van der Waals surface area contributed by atoms with Crippen molar-refractivity contribution in [1.29, 1.82) is 0 Å². The minimum Gasteiger partial charge on any atom is -0.299 e. The minimum atomic E-state index is -0.455. The number of nitro groups is 1. The van der Waals surface area contributed by atoms with E-state index in [0.29, 0.717) is 0 Å². The first-order chi connectivity index (χ1) is 12.7. The van der Waals surface area contributed by atoms with Crippen molar-refractivity contribution in [3.63, 3.8) is 0 Å². The van der Waals surface area contributed by atoms with Crippen LogP contribution in [0.3, 0.4) is 0 Å². The van der Waals surface area contributed by atoms with E-state index < -0.39 is 10.5 Å². The van der Waals surface area contributed by atoms with Crippen molar-refractivity contribution in [2.24, 2.45) is 0 Å². The molecule has 27 heavy (non-hydrogen) atoms. The zero-order valence-corrected chi connectivity index (χ0v) is 15.9. The molecule has 0 radical (unpaired) electrons. The number of aryl methyl sites for hydroxylation is 1. The first kappa shape index (κ1) is 18.6. The summed E-state index contributed by atoms with van der Waals surface area (Å²) in [5, 5.41) is 10.7. The van der Waals surface area contributed by atoms with Gasteiger partial charge in [0.1, 0.15) is 0 Å². The molecule has 0 aliphatic carbocycles. The van der Waals surface area contributed by atoms with E-state index in [4.69, 9.17) is 0 Å². The molecule has 1 amide bonds. The van der Waals surface area contributed by atoms with Crippen molar-refractivity contribution in [2.45, 2.75) is 33.2 Å². The zero-order valence-electron chi connectivity index (χ0n) is 15.9. The van der Waals surface area contributed by atoms with Crippen LogP contribution in [-0.2, 0) is 4.79 Å². The van der Waals surface area contributed by atoms with E-state index in [-0.39, 0.29) is 11.6 Å². The van der Waals surface area contributed by atoms with Gasteiger partial charge < -0.3 is 0 Å². The number of hydrogen-bond donors (Lipinski definition) is 0. The van der Waals surface area contributed by atoms with Crippen LogP contribution in [0.25, 0.3) is 11.6 Å². The number of nitro benzene ring substituents is 1. The van der Waals surface area contributed by atoms with Crippen LogP contribution >= 0.6 is 0 Å². The molecule has 0 spiro atoms. The first-order valence-corrected chi connectivity index (χ1v) is 8.76. The lowest BCUT2D eigenvalue weighted by Crippen LogP contribution is -2.48. The lowest BCUT2D eigenvalue weighted by atomic mass is 9.88. The molecule has 0 aromatic heterocycles. The summed E-state index contributed by atoms with van der Waals surface area (Å²) in [4.78, 5) is 25.1. The van der Waals surface area contributed by atoms with E-state index >= 15 is 0 Å². The molecule has 1 aliphatic heterocycles. The molecule has 138 valence electrons. The monoisotopic (exact) mass is 362 g/mol. The minimum absolute atomic E-state index is 0.0283. The van der Waals surface area contributed by atoms with Crippen LogP contribution in [0.2, 0.25) is 0 Å². The summed E-state index contributed by atoms with van der Waals surface area (Å²) in [6.45, 7) is 8.12. The molecule has 3 rings (SSSR count). The van der Waals surface area contributed by atoms with E-state index in [1.807, 2.05) is 32.9 Å². The molecule has 0 N–H and O–H groups in total. The second-order valence-corrected chi connectivity index (χ2v) is 7.36. The topological polar surface area (TPSA) is 63.5 Å². The number of carbonyl (C=O) groups is 1. The smallest absolute Gasteiger partial charge is 0.269 e. The number of benzene rings is 2. The Kier molecular flexibility index (Phi) is 4.70. The van der Waals surface area contributed by atoms with Crippen LogP contribution in [0, 0.1) is 17.0 Å². The van der Waals surface area contributed by atoms with Crippen molar-refractivity contribution < 1.29 is 9.72 Å². The van der Waals surface area contributed by atoms with E-state index in [2.05, 4.69) is 19.1 Å². The maximum atomic E-state index is 13.0. The van der Waals surface area contributed by atoms with Gasteiger partial charge in [-0.2, -0.15) is 0 Å². The SMILES string of the molecule is CC1=CC(C)(C)N(C(=O)/C=C/c2ccc([N+](=O)[O-])cc2)c2ccc(C)cc21. The molecule has 0 saturated heterocycles. The molecule has 2 aromatic rings. The third kappa shape index (κ3) is 3.67. The zero-order chi connectivity index (χ0) is 19.8. The number of nitrogens with zero attached hydrogens (tertiary/aromatic N) is 2. The second kappa shape index (κ2) is 6.83. The van der Waals surface area contributed by atoms with Crippen molar-refractivity contribution in [3.05, 3.63) is 81.4 Å². The van der Waals surface area contributed by atoms with Crippen molar-refractivity contribution >= 4 is 28.9 Å². The average molecular weight is 362 g/mol. The van der Waals surface area contributed by atoms with Crippen molar-refractivity contribution in [3.8, 4) is 0 Å². The maximum absolute atomic E-state index is 13.0. The van der Waals surface area contributed by atoms with Gasteiger partial charge in [0.2, 0.25) is 0 Å². The van der Waals surface area contributed by atoms with Gasteiger partial charge in [-0.1, -0.05) is 17.7 Å². The van der Waals surface area contributed by atoms with Crippen LogP contribution in [0.5, 0.6) is 0 Å². The van der Waals surface area contributed by atoms with E-state index in [0.717, 1.165) is 28.0 Å². The molecule has 0 fully saturated rings. The third-order valence-electron chi connectivity index (χ3n) is 4.71. The highest BCUT2D eigenvalue weighted by molar-refractivity contribution is 6.08. The fourth-order valence-corrected chi connectivity index (χ4v) is 3.50. The van der Waals surface area contributed by atoms with Gasteiger partial charge in [0.15, 0.2) is 0 Å². The number of rotatable bonds is 3. The lowest BCUT2D eigenvalue weighted by molar-refractivity contribution is -0.384. The number of carbonyl (C=O) groups excluding carboxylic acids is 1. The van der Waals surface area contributed by atoms with Crippen LogP contribution in [0.4, 0.5) is 11.4 Å². The number of non-ortho nitro benzene ring substituents is 1. The predicted octanol–water partition coefficient (Wildman–Crippen LogP) is 5.15. The standard InChI is InChI=1S/C22H22N2O3/c1-15-5-11-20-19(13-15)16(2)14-22(3,4)23(20)21(25)12-8-17-6-9-18(10-7-17)24(26)27/h5-14H,1-4H3/b12-8+. The Hall–Kier alpha value is -3.21. The Morgan fingerprint density at radius 2 is 1.78 bits per heavy atom. The number of anilines is 1. The Morgan fingerprint density at radius 1 is 1.11 bits per heavy atom. The molecular formula is C22H22N2O3. The largest absolute Gasteiger partial charge is 0.299 e. The van der Waals surface area contributed by atoms with Gasteiger partial charge in [-0.3, -0.25) is 19.8 Å². The van der Waals surface area contributed by atoms with Gasteiger partial charge >= 0.3 is 0 Å². The fourth-order valence-electron chi connectivity index (χ4n) is 3.50. The molecular weight excluding hydrogens is 340 g/mol. The van der Waals surface area contributed by atoms with E-state index in [1.165, 1.54) is 18.2 Å². The molecule has 0 saturated carbocycles. The molecule has 1 aliphatic rings. The van der Waals surface area contributed by atoms with Crippen LogP contribution < -0.4 is 4.90 Å². The average Bonchev–Trinajstić information content (AvgIpc) is 2.60. The second-order valence-electron chi connectivity index (χ2n) is 7.36. The molecule has 0 bridgehead atoms. The summed E-state index contributed by atoms with van der Waals surface area (Å²) in [6.07, 6.45) is 5.30. The summed E-state index contributed by atoms with van der Waals surface area (Å²) >= 11 is 0. The number of hydrogen-bond acceptors (Lipinski definition) is 3.